The van der Waals surface area contributed by atoms with Gasteiger partial charge in [-0.15, -0.1) is 0 Å². The number of carbonyl (C=O) groups excluding carboxylic acids is 3. The number of carbonyl (C=O) groups is 3. The SMILES string of the molecule is CC/C(=C(\c1ccc(O)cc1)c1ccc(N2CCN(Cc3ccc4c(c3F)CN(C3CCC(=O)NC3=O)C4=O)CC2)cc1)c1ccccc1. The Morgan fingerprint density at radius 2 is 1.51 bits per heavy atom. The number of allylic oxidation sites excluding steroid dienone is 1. The largest absolute Gasteiger partial charge is 0.508 e. The molecule has 3 aliphatic rings. The van der Waals surface area contributed by atoms with E-state index in [0.29, 0.717) is 17.7 Å². The zero-order valence-electron chi connectivity index (χ0n) is 27.5. The molecule has 3 amide bonds. The van der Waals surface area contributed by atoms with Gasteiger partial charge >= 0.3 is 0 Å². The Hall–Kier alpha value is -5.28. The van der Waals surface area contributed by atoms with E-state index in [2.05, 4.69) is 70.6 Å². The van der Waals surface area contributed by atoms with Crippen molar-refractivity contribution in [2.45, 2.75) is 45.3 Å². The van der Waals surface area contributed by atoms with Crippen LogP contribution in [-0.2, 0) is 22.7 Å². The zero-order chi connectivity index (χ0) is 34.1. The second-order valence-electron chi connectivity index (χ2n) is 12.9. The third-order valence-electron chi connectivity index (χ3n) is 9.95. The highest BCUT2D eigenvalue weighted by molar-refractivity contribution is 6.05. The van der Waals surface area contributed by atoms with Crippen molar-refractivity contribution in [3.8, 4) is 5.75 Å². The average molecular weight is 659 g/mol. The van der Waals surface area contributed by atoms with Gasteiger partial charge in [-0.3, -0.25) is 24.6 Å². The van der Waals surface area contributed by atoms with Crippen LogP contribution in [0, 0.1) is 5.82 Å². The van der Waals surface area contributed by atoms with E-state index in [9.17, 15) is 19.5 Å². The van der Waals surface area contributed by atoms with Gasteiger partial charge in [0.15, 0.2) is 0 Å². The number of benzene rings is 4. The fourth-order valence-corrected chi connectivity index (χ4v) is 7.33. The molecular formula is C40H39FN4O4. The van der Waals surface area contributed by atoms with Gasteiger partial charge in [-0.1, -0.05) is 67.6 Å². The Labute approximate surface area is 285 Å². The molecule has 2 saturated heterocycles. The topological polar surface area (TPSA) is 93.2 Å². The van der Waals surface area contributed by atoms with Gasteiger partial charge in [0.1, 0.15) is 17.6 Å². The molecule has 2 fully saturated rings. The average Bonchev–Trinajstić information content (AvgIpc) is 3.46. The van der Waals surface area contributed by atoms with Crippen LogP contribution in [-0.4, -0.2) is 64.8 Å². The summed E-state index contributed by atoms with van der Waals surface area (Å²) in [6.07, 6.45) is 1.26. The minimum atomic E-state index is -0.768. The van der Waals surface area contributed by atoms with Crippen molar-refractivity contribution < 1.29 is 23.9 Å². The number of fused-ring (bicyclic) bond motifs is 1. The smallest absolute Gasteiger partial charge is 0.255 e. The molecule has 0 radical (unpaired) electrons. The van der Waals surface area contributed by atoms with Crippen molar-refractivity contribution in [1.82, 2.24) is 15.1 Å². The number of halogens is 1. The molecule has 9 heteroatoms. The summed E-state index contributed by atoms with van der Waals surface area (Å²) in [5.74, 6) is -1.37. The molecule has 4 aromatic carbocycles. The number of piperazine rings is 1. The van der Waals surface area contributed by atoms with Crippen LogP contribution in [0.25, 0.3) is 11.1 Å². The minimum absolute atomic E-state index is 0.0264. The number of anilines is 1. The van der Waals surface area contributed by atoms with Crippen molar-refractivity contribution in [3.63, 3.8) is 0 Å². The molecule has 1 unspecified atom stereocenters. The number of imide groups is 1. The summed E-state index contributed by atoms with van der Waals surface area (Å²) in [5.41, 5.74) is 7.98. The van der Waals surface area contributed by atoms with E-state index in [0.717, 1.165) is 55.0 Å². The Bertz CT molecular complexity index is 1920. The van der Waals surface area contributed by atoms with Crippen molar-refractivity contribution in [2.75, 3.05) is 31.1 Å². The number of phenolic OH excluding ortho intramolecular Hbond substituents is 1. The summed E-state index contributed by atoms with van der Waals surface area (Å²) in [7, 11) is 0. The number of nitrogens with zero attached hydrogens (tertiary/aromatic N) is 3. The number of amides is 3. The molecule has 0 bridgehead atoms. The molecule has 0 saturated carbocycles. The van der Waals surface area contributed by atoms with Crippen LogP contribution in [0.1, 0.15) is 64.4 Å². The van der Waals surface area contributed by atoms with Crippen LogP contribution >= 0.6 is 0 Å². The van der Waals surface area contributed by atoms with E-state index in [1.165, 1.54) is 16.0 Å². The summed E-state index contributed by atoms with van der Waals surface area (Å²) in [4.78, 5) is 43.0. The first-order valence-electron chi connectivity index (χ1n) is 16.9. The van der Waals surface area contributed by atoms with Crippen LogP contribution in [0.4, 0.5) is 10.1 Å². The minimum Gasteiger partial charge on any atom is -0.508 e. The van der Waals surface area contributed by atoms with E-state index in [4.69, 9.17) is 0 Å². The molecule has 0 spiro atoms. The lowest BCUT2D eigenvalue weighted by atomic mass is 9.88. The Balaban J connectivity index is 1.03. The van der Waals surface area contributed by atoms with Crippen LogP contribution in [0.2, 0.25) is 0 Å². The number of rotatable bonds is 8. The fourth-order valence-electron chi connectivity index (χ4n) is 7.33. The Morgan fingerprint density at radius 3 is 2.16 bits per heavy atom. The molecule has 0 aromatic heterocycles. The first kappa shape index (κ1) is 32.3. The van der Waals surface area contributed by atoms with E-state index in [1.807, 2.05) is 18.2 Å². The summed E-state index contributed by atoms with van der Waals surface area (Å²) in [5, 5.41) is 12.2. The van der Waals surface area contributed by atoms with E-state index < -0.39 is 17.8 Å². The second kappa shape index (κ2) is 13.7. The number of aromatic hydroxyl groups is 1. The molecule has 3 heterocycles. The van der Waals surface area contributed by atoms with Gasteiger partial charge in [0, 0.05) is 61.5 Å². The molecule has 8 nitrogen and oxygen atoms in total. The van der Waals surface area contributed by atoms with Crippen LogP contribution in [0.15, 0.2) is 91.0 Å². The predicted molar refractivity (Wildman–Crippen MR) is 187 cm³/mol. The number of nitrogens with one attached hydrogen (secondary N) is 1. The summed E-state index contributed by atoms with van der Waals surface area (Å²) >= 11 is 0. The maximum absolute atomic E-state index is 15.8. The molecular weight excluding hydrogens is 619 g/mol. The fraction of sp³-hybridized carbons (Fsp3) is 0.275. The molecule has 250 valence electrons. The van der Waals surface area contributed by atoms with Gasteiger partial charge in [0.2, 0.25) is 11.8 Å². The van der Waals surface area contributed by atoms with Crippen molar-refractivity contribution in [3.05, 3.63) is 130 Å². The first-order chi connectivity index (χ1) is 23.8. The third kappa shape index (κ3) is 6.46. The molecule has 1 atom stereocenters. The van der Waals surface area contributed by atoms with Crippen LogP contribution in [0.5, 0.6) is 5.75 Å². The van der Waals surface area contributed by atoms with Crippen molar-refractivity contribution in [2.24, 2.45) is 0 Å². The predicted octanol–water partition coefficient (Wildman–Crippen LogP) is 5.98. The van der Waals surface area contributed by atoms with Gasteiger partial charge in [-0.05, 0) is 71.0 Å². The summed E-state index contributed by atoms with van der Waals surface area (Å²) < 4.78 is 15.8. The summed E-state index contributed by atoms with van der Waals surface area (Å²) in [6.45, 7) is 5.72. The van der Waals surface area contributed by atoms with Gasteiger partial charge in [0.05, 0.1) is 6.54 Å². The van der Waals surface area contributed by atoms with E-state index >= 15 is 4.39 Å². The molecule has 49 heavy (non-hydrogen) atoms. The van der Waals surface area contributed by atoms with Crippen LogP contribution in [0.3, 0.4) is 0 Å². The normalized spacial score (nSPS) is 18.7. The lowest BCUT2D eigenvalue weighted by molar-refractivity contribution is -0.136. The molecule has 2 N–H and O–H groups in total. The maximum atomic E-state index is 15.8. The van der Waals surface area contributed by atoms with Crippen molar-refractivity contribution >= 4 is 34.6 Å². The highest BCUT2D eigenvalue weighted by Crippen LogP contribution is 2.36. The molecule has 4 aromatic rings. The Kier molecular flexibility index (Phi) is 9.01. The highest BCUT2D eigenvalue weighted by atomic mass is 19.1. The standard InChI is InChI=1S/C40H39FN4O4/c1-2-32(26-6-4-3-5-7-26)37(28-10-15-31(46)16-11-28)27-8-13-30(14-9-27)44-22-20-43(21-23-44)24-29-12-17-33-34(38(29)41)25-45(40(33)49)35-18-19-36(47)42-39(35)48/h3-17,35,46H,2,18-25H2,1H3,(H,42,47,48)/b37-32+. The number of phenols is 1. The molecule has 3 aliphatic heterocycles. The van der Waals surface area contributed by atoms with Gasteiger partial charge in [0.25, 0.3) is 5.91 Å². The van der Waals surface area contributed by atoms with E-state index in [1.54, 1.807) is 24.3 Å². The highest BCUT2D eigenvalue weighted by Gasteiger charge is 2.40. The quantitative estimate of drug-likeness (QED) is 0.179. The number of hydrogen-bond acceptors (Lipinski definition) is 6. The third-order valence-corrected chi connectivity index (χ3v) is 9.95. The lowest BCUT2D eigenvalue weighted by Gasteiger charge is -2.36. The lowest BCUT2D eigenvalue weighted by Crippen LogP contribution is -2.52. The zero-order valence-corrected chi connectivity index (χ0v) is 27.5. The van der Waals surface area contributed by atoms with E-state index in [-0.39, 0.29) is 42.5 Å². The monoisotopic (exact) mass is 658 g/mol. The first-order valence-corrected chi connectivity index (χ1v) is 16.9. The number of hydrogen-bond donors (Lipinski definition) is 2. The molecule has 7 rings (SSSR count). The Morgan fingerprint density at radius 1 is 0.837 bits per heavy atom. The summed E-state index contributed by atoms with van der Waals surface area (Å²) in [6, 6.07) is 29.0. The second-order valence-corrected chi connectivity index (χ2v) is 12.9. The van der Waals surface area contributed by atoms with Gasteiger partial charge < -0.3 is 14.9 Å². The molecule has 0 aliphatic carbocycles. The van der Waals surface area contributed by atoms with Crippen LogP contribution < -0.4 is 10.2 Å². The maximum Gasteiger partial charge on any atom is 0.255 e. The van der Waals surface area contributed by atoms with Gasteiger partial charge in [-0.2, -0.15) is 0 Å². The van der Waals surface area contributed by atoms with Crippen molar-refractivity contribution in [1.29, 1.82) is 0 Å². The van der Waals surface area contributed by atoms with Gasteiger partial charge in [-0.25, -0.2) is 4.39 Å². The number of piperidine rings is 1.